The Morgan fingerprint density at radius 3 is 2.70 bits per heavy atom. The molecule has 0 bridgehead atoms. The molecule has 0 amide bonds. The van der Waals surface area contributed by atoms with Crippen molar-refractivity contribution in [2.75, 3.05) is 37.6 Å². The van der Waals surface area contributed by atoms with Gasteiger partial charge in [0.25, 0.3) is 0 Å². The van der Waals surface area contributed by atoms with Gasteiger partial charge in [-0.25, -0.2) is 4.98 Å². The highest BCUT2D eigenvalue weighted by Crippen LogP contribution is 2.18. The molecule has 1 atom stereocenters. The van der Waals surface area contributed by atoms with Gasteiger partial charge in [0.1, 0.15) is 5.82 Å². The smallest absolute Gasteiger partial charge is 0.150 e. The minimum Gasteiger partial charge on any atom is -0.354 e. The highest BCUT2D eigenvalue weighted by molar-refractivity contribution is 5.42. The summed E-state index contributed by atoms with van der Waals surface area (Å²) in [4.78, 5) is 13.8. The summed E-state index contributed by atoms with van der Waals surface area (Å²) in [5, 5.41) is 0. The highest BCUT2D eigenvalue weighted by Gasteiger charge is 2.21. The number of aromatic nitrogens is 2. The first-order chi connectivity index (χ1) is 9.76. The van der Waals surface area contributed by atoms with E-state index in [2.05, 4.69) is 26.7 Å². The van der Waals surface area contributed by atoms with Crippen LogP contribution in [0.2, 0.25) is 0 Å². The van der Waals surface area contributed by atoms with Crippen LogP contribution in [0.4, 0.5) is 5.82 Å². The van der Waals surface area contributed by atoms with Crippen molar-refractivity contribution >= 4 is 5.82 Å². The molecule has 1 saturated heterocycles. The molecule has 1 aliphatic heterocycles. The van der Waals surface area contributed by atoms with Gasteiger partial charge < -0.3 is 10.6 Å². The topological polar surface area (TPSA) is 58.3 Å². The molecule has 0 radical (unpaired) electrons. The summed E-state index contributed by atoms with van der Waals surface area (Å²) in [5.41, 5.74) is 6.76. The third-order valence-electron chi connectivity index (χ3n) is 4.17. The predicted octanol–water partition coefficient (Wildman–Crippen LogP) is 1.42. The summed E-state index contributed by atoms with van der Waals surface area (Å²) >= 11 is 0. The van der Waals surface area contributed by atoms with Crippen molar-refractivity contribution in [3.63, 3.8) is 0 Å². The second-order valence-electron chi connectivity index (χ2n) is 5.48. The third kappa shape index (κ3) is 3.67. The number of nitrogens with zero attached hydrogens (tertiary/aromatic N) is 4. The van der Waals surface area contributed by atoms with E-state index < -0.39 is 0 Å². The highest BCUT2D eigenvalue weighted by atomic mass is 15.3. The number of aryl methyl sites for hydroxylation is 1. The molecule has 2 N–H and O–H groups in total. The molecule has 1 aliphatic rings. The van der Waals surface area contributed by atoms with Crippen LogP contribution in [-0.4, -0.2) is 53.6 Å². The molecule has 20 heavy (non-hydrogen) atoms. The Morgan fingerprint density at radius 1 is 1.20 bits per heavy atom. The summed E-state index contributed by atoms with van der Waals surface area (Å²) in [7, 11) is 0. The van der Waals surface area contributed by atoms with Crippen LogP contribution in [0.25, 0.3) is 0 Å². The largest absolute Gasteiger partial charge is 0.354 e. The van der Waals surface area contributed by atoms with E-state index in [4.69, 9.17) is 5.73 Å². The van der Waals surface area contributed by atoms with Gasteiger partial charge in [-0.15, -0.1) is 0 Å². The van der Waals surface area contributed by atoms with Crippen LogP contribution in [0, 0.1) is 6.92 Å². The van der Waals surface area contributed by atoms with Gasteiger partial charge in [0.15, 0.2) is 0 Å². The quantitative estimate of drug-likeness (QED) is 0.882. The van der Waals surface area contributed by atoms with Crippen molar-refractivity contribution in [1.29, 1.82) is 0 Å². The zero-order valence-electron chi connectivity index (χ0n) is 12.8. The number of hydrogen-bond acceptors (Lipinski definition) is 5. The first kappa shape index (κ1) is 15.2. The average Bonchev–Trinajstić information content (AvgIpc) is 2.71. The van der Waals surface area contributed by atoms with Gasteiger partial charge in [-0.3, -0.25) is 9.88 Å². The van der Waals surface area contributed by atoms with Gasteiger partial charge in [0.2, 0.25) is 0 Å². The van der Waals surface area contributed by atoms with Gasteiger partial charge in [-0.05, 0) is 32.7 Å². The SMILES string of the molecule is CCC(CCN)N1CCCN(c2nccnc2C)CC1. The second-order valence-corrected chi connectivity index (χ2v) is 5.48. The summed E-state index contributed by atoms with van der Waals surface area (Å²) in [5.74, 6) is 1.04. The lowest BCUT2D eigenvalue weighted by Gasteiger charge is -2.29. The van der Waals surface area contributed by atoms with E-state index in [1.807, 2.05) is 6.92 Å². The van der Waals surface area contributed by atoms with E-state index in [1.54, 1.807) is 12.4 Å². The zero-order valence-corrected chi connectivity index (χ0v) is 12.8. The lowest BCUT2D eigenvalue weighted by atomic mass is 10.1. The summed E-state index contributed by atoms with van der Waals surface area (Å²) < 4.78 is 0. The van der Waals surface area contributed by atoms with E-state index in [-0.39, 0.29) is 0 Å². The Balaban J connectivity index is 2.00. The van der Waals surface area contributed by atoms with E-state index in [0.29, 0.717) is 6.04 Å². The molecule has 0 aliphatic carbocycles. The Morgan fingerprint density at radius 2 is 2.00 bits per heavy atom. The van der Waals surface area contributed by atoms with E-state index in [1.165, 1.54) is 12.8 Å². The van der Waals surface area contributed by atoms with Crippen molar-refractivity contribution in [2.45, 2.75) is 39.2 Å². The molecular formula is C15H27N5. The summed E-state index contributed by atoms with van der Waals surface area (Å²) in [6.07, 6.45) is 7.00. The van der Waals surface area contributed by atoms with E-state index in [9.17, 15) is 0 Å². The first-order valence-corrected chi connectivity index (χ1v) is 7.73. The van der Waals surface area contributed by atoms with Crippen LogP contribution >= 0.6 is 0 Å². The van der Waals surface area contributed by atoms with Crippen LogP contribution < -0.4 is 10.6 Å². The van der Waals surface area contributed by atoms with Crippen LogP contribution in [0.15, 0.2) is 12.4 Å². The molecule has 5 nitrogen and oxygen atoms in total. The van der Waals surface area contributed by atoms with Gasteiger partial charge >= 0.3 is 0 Å². The van der Waals surface area contributed by atoms with Crippen LogP contribution in [0.1, 0.15) is 31.9 Å². The normalized spacial score (nSPS) is 18.9. The van der Waals surface area contributed by atoms with Crippen LogP contribution in [0.3, 0.4) is 0 Å². The predicted molar refractivity (Wildman–Crippen MR) is 82.9 cm³/mol. The van der Waals surface area contributed by atoms with Crippen molar-refractivity contribution < 1.29 is 0 Å². The molecule has 2 heterocycles. The number of hydrogen-bond donors (Lipinski definition) is 1. The molecule has 1 aromatic rings. The maximum atomic E-state index is 5.73. The molecule has 2 rings (SSSR count). The van der Waals surface area contributed by atoms with Gasteiger partial charge in [-0.1, -0.05) is 6.92 Å². The molecule has 0 aromatic carbocycles. The minimum absolute atomic E-state index is 0.628. The molecule has 112 valence electrons. The number of rotatable bonds is 5. The standard InChI is InChI=1S/C15H27N5/c1-3-14(5-6-16)19-9-4-10-20(12-11-19)15-13(2)17-7-8-18-15/h7-8,14H,3-6,9-12,16H2,1-2H3. The molecule has 0 spiro atoms. The Hall–Kier alpha value is -1.20. The van der Waals surface area contributed by atoms with Gasteiger partial charge in [-0.2, -0.15) is 0 Å². The fourth-order valence-corrected chi connectivity index (χ4v) is 3.06. The van der Waals surface area contributed by atoms with E-state index >= 15 is 0 Å². The molecule has 0 saturated carbocycles. The Kier molecular flexibility index (Phi) is 5.73. The Labute approximate surface area is 122 Å². The van der Waals surface area contributed by atoms with Gasteiger partial charge in [0.05, 0.1) is 5.69 Å². The molecule has 5 heteroatoms. The number of nitrogens with two attached hydrogens (primary N) is 1. The summed E-state index contributed by atoms with van der Waals surface area (Å²) in [6, 6.07) is 0.628. The van der Waals surface area contributed by atoms with Crippen molar-refractivity contribution in [3.05, 3.63) is 18.1 Å². The van der Waals surface area contributed by atoms with Crippen molar-refractivity contribution in [3.8, 4) is 0 Å². The summed E-state index contributed by atoms with van der Waals surface area (Å²) in [6.45, 7) is 9.42. The zero-order chi connectivity index (χ0) is 14.4. The number of anilines is 1. The molecule has 1 fully saturated rings. The van der Waals surface area contributed by atoms with E-state index in [0.717, 1.165) is 50.7 Å². The lowest BCUT2D eigenvalue weighted by molar-refractivity contribution is 0.196. The maximum absolute atomic E-state index is 5.73. The monoisotopic (exact) mass is 277 g/mol. The first-order valence-electron chi connectivity index (χ1n) is 7.73. The average molecular weight is 277 g/mol. The van der Waals surface area contributed by atoms with Gasteiger partial charge in [0, 0.05) is 44.6 Å². The fraction of sp³-hybridized carbons (Fsp3) is 0.733. The lowest BCUT2D eigenvalue weighted by Crippen LogP contribution is -2.39. The fourth-order valence-electron chi connectivity index (χ4n) is 3.06. The third-order valence-corrected chi connectivity index (χ3v) is 4.17. The molecular weight excluding hydrogens is 250 g/mol. The van der Waals surface area contributed by atoms with Crippen molar-refractivity contribution in [1.82, 2.24) is 14.9 Å². The van der Waals surface area contributed by atoms with Crippen LogP contribution in [-0.2, 0) is 0 Å². The molecule has 1 aromatic heterocycles. The van der Waals surface area contributed by atoms with Crippen molar-refractivity contribution in [2.24, 2.45) is 5.73 Å². The minimum atomic E-state index is 0.628. The second kappa shape index (κ2) is 7.55. The maximum Gasteiger partial charge on any atom is 0.150 e. The Bertz CT molecular complexity index is 409. The van der Waals surface area contributed by atoms with Crippen LogP contribution in [0.5, 0.6) is 0 Å². The molecule has 1 unspecified atom stereocenters.